The number of nitrogens with zero attached hydrogens (tertiary/aromatic N) is 4. The van der Waals surface area contributed by atoms with Crippen LogP contribution in [0, 0.1) is 5.41 Å². The Morgan fingerprint density at radius 2 is 2.13 bits per heavy atom. The van der Waals surface area contributed by atoms with Gasteiger partial charge in [-0.25, -0.2) is 4.68 Å². The molecule has 0 atom stereocenters. The third-order valence-corrected chi connectivity index (χ3v) is 4.43. The van der Waals surface area contributed by atoms with E-state index in [9.17, 15) is 4.79 Å². The van der Waals surface area contributed by atoms with Crippen molar-refractivity contribution in [3.8, 4) is 0 Å². The molecule has 0 saturated heterocycles. The van der Waals surface area contributed by atoms with Gasteiger partial charge in [0, 0.05) is 19.6 Å². The van der Waals surface area contributed by atoms with Crippen LogP contribution in [-0.2, 0) is 16.1 Å². The molecule has 2 rings (SSSR count). The molecule has 0 bridgehead atoms. The zero-order valence-corrected chi connectivity index (χ0v) is 14.3. The van der Waals surface area contributed by atoms with Gasteiger partial charge in [0.15, 0.2) is 0 Å². The van der Waals surface area contributed by atoms with Gasteiger partial charge in [-0.3, -0.25) is 4.79 Å². The lowest BCUT2D eigenvalue weighted by Gasteiger charge is -2.36. The lowest BCUT2D eigenvalue weighted by molar-refractivity contribution is -0.124. The SMILES string of the molecule is CC(C)OCCCNC(=O)CC1(Cn2cnnn2)CCCCC1. The molecule has 1 amide bonds. The number of nitrogens with one attached hydrogen (secondary N) is 1. The Labute approximate surface area is 138 Å². The van der Waals surface area contributed by atoms with Gasteiger partial charge < -0.3 is 10.1 Å². The van der Waals surface area contributed by atoms with E-state index >= 15 is 0 Å². The molecule has 0 aliphatic heterocycles. The van der Waals surface area contributed by atoms with E-state index in [0.29, 0.717) is 19.6 Å². The molecule has 0 unspecified atom stereocenters. The van der Waals surface area contributed by atoms with Gasteiger partial charge in [0.1, 0.15) is 6.33 Å². The van der Waals surface area contributed by atoms with E-state index < -0.39 is 0 Å². The Morgan fingerprint density at radius 3 is 2.78 bits per heavy atom. The molecule has 1 aromatic heterocycles. The topological polar surface area (TPSA) is 81.9 Å². The monoisotopic (exact) mass is 323 g/mol. The van der Waals surface area contributed by atoms with E-state index in [1.807, 2.05) is 13.8 Å². The van der Waals surface area contributed by atoms with Gasteiger partial charge in [0.2, 0.25) is 5.91 Å². The van der Waals surface area contributed by atoms with Crippen molar-refractivity contribution >= 4 is 5.91 Å². The van der Waals surface area contributed by atoms with Crippen LogP contribution in [0.5, 0.6) is 0 Å². The smallest absolute Gasteiger partial charge is 0.220 e. The highest BCUT2D eigenvalue weighted by atomic mass is 16.5. The van der Waals surface area contributed by atoms with Gasteiger partial charge in [0.05, 0.1) is 12.6 Å². The molecule has 0 aromatic carbocycles. The van der Waals surface area contributed by atoms with Crippen LogP contribution in [0.1, 0.15) is 58.8 Å². The van der Waals surface area contributed by atoms with Crippen LogP contribution < -0.4 is 5.32 Å². The first-order valence-corrected chi connectivity index (χ1v) is 8.69. The molecule has 7 nitrogen and oxygen atoms in total. The number of hydrogen-bond donors (Lipinski definition) is 1. The van der Waals surface area contributed by atoms with Crippen molar-refractivity contribution in [1.29, 1.82) is 0 Å². The summed E-state index contributed by atoms with van der Waals surface area (Å²) in [5.41, 5.74) is -0.00779. The largest absolute Gasteiger partial charge is 0.379 e. The van der Waals surface area contributed by atoms with E-state index in [1.54, 1.807) is 11.0 Å². The van der Waals surface area contributed by atoms with E-state index in [0.717, 1.165) is 25.8 Å². The first-order valence-electron chi connectivity index (χ1n) is 8.69. The van der Waals surface area contributed by atoms with Gasteiger partial charge in [-0.2, -0.15) is 0 Å². The van der Waals surface area contributed by atoms with E-state index in [1.165, 1.54) is 19.3 Å². The molecule has 1 fully saturated rings. The van der Waals surface area contributed by atoms with Gasteiger partial charge in [-0.05, 0) is 49.0 Å². The Morgan fingerprint density at radius 1 is 1.35 bits per heavy atom. The standard InChI is InChI=1S/C16H29N5O2/c1-14(2)23-10-6-9-17-15(22)11-16(7-4-3-5-8-16)12-21-13-18-19-20-21/h13-14H,3-12H2,1-2H3,(H,17,22). The van der Waals surface area contributed by atoms with Crippen molar-refractivity contribution in [2.45, 2.75) is 71.4 Å². The fourth-order valence-electron chi connectivity index (χ4n) is 3.31. The number of carbonyl (C=O) groups excluding carboxylic acids is 1. The van der Waals surface area contributed by atoms with Crippen LogP contribution in [0.15, 0.2) is 6.33 Å². The summed E-state index contributed by atoms with van der Waals surface area (Å²) in [7, 11) is 0. The van der Waals surface area contributed by atoms with Crippen molar-refractivity contribution in [1.82, 2.24) is 25.5 Å². The fourth-order valence-corrected chi connectivity index (χ4v) is 3.31. The van der Waals surface area contributed by atoms with E-state index in [4.69, 9.17) is 4.74 Å². The fraction of sp³-hybridized carbons (Fsp3) is 0.875. The first kappa shape index (κ1) is 17.8. The Kier molecular flexibility index (Phi) is 6.95. The molecule has 23 heavy (non-hydrogen) atoms. The molecule has 1 N–H and O–H groups in total. The highest BCUT2D eigenvalue weighted by Gasteiger charge is 2.35. The van der Waals surface area contributed by atoms with Crippen molar-refractivity contribution in [3.05, 3.63) is 6.33 Å². The molecule has 7 heteroatoms. The Hall–Kier alpha value is -1.50. The predicted molar refractivity (Wildman–Crippen MR) is 86.7 cm³/mol. The molecule has 1 heterocycles. The number of hydrogen-bond acceptors (Lipinski definition) is 5. The zero-order valence-electron chi connectivity index (χ0n) is 14.3. The minimum absolute atomic E-state index is 0.00779. The number of tetrazole rings is 1. The van der Waals surface area contributed by atoms with Crippen molar-refractivity contribution in [3.63, 3.8) is 0 Å². The number of carbonyl (C=O) groups is 1. The third kappa shape index (κ3) is 6.25. The van der Waals surface area contributed by atoms with Crippen molar-refractivity contribution in [2.24, 2.45) is 5.41 Å². The first-order chi connectivity index (χ1) is 11.1. The van der Waals surface area contributed by atoms with Crippen molar-refractivity contribution in [2.75, 3.05) is 13.2 Å². The number of aromatic nitrogens is 4. The average molecular weight is 323 g/mol. The summed E-state index contributed by atoms with van der Waals surface area (Å²) in [4.78, 5) is 12.3. The van der Waals surface area contributed by atoms with Crippen molar-refractivity contribution < 1.29 is 9.53 Å². The average Bonchev–Trinajstić information content (AvgIpc) is 3.00. The molecule has 130 valence electrons. The highest BCUT2D eigenvalue weighted by molar-refractivity contribution is 5.76. The molecule has 1 aromatic rings. The number of ether oxygens (including phenoxy) is 1. The Bertz CT molecular complexity index is 455. The minimum Gasteiger partial charge on any atom is -0.379 e. The zero-order chi connectivity index (χ0) is 16.5. The summed E-state index contributed by atoms with van der Waals surface area (Å²) in [5.74, 6) is 0.129. The molecule has 0 spiro atoms. The second-order valence-electron chi connectivity index (χ2n) is 6.87. The highest BCUT2D eigenvalue weighted by Crippen LogP contribution is 2.40. The summed E-state index contributed by atoms with van der Waals surface area (Å²) in [6.45, 7) is 6.12. The van der Waals surface area contributed by atoms with Gasteiger partial charge in [-0.1, -0.05) is 19.3 Å². The van der Waals surface area contributed by atoms with Gasteiger partial charge >= 0.3 is 0 Å². The van der Waals surface area contributed by atoms with Crippen LogP contribution in [0.3, 0.4) is 0 Å². The Balaban J connectivity index is 1.79. The lowest BCUT2D eigenvalue weighted by atomic mass is 9.71. The van der Waals surface area contributed by atoms with Crippen LogP contribution in [-0.4, -0.2) is 45.4 Å². The van der Waals surface area contributed by atoms with Crippen LogP contribution in [0.2, 0.25) is 0 Å². The molecule has 0 radical (unpaired) electrons. The molecule has 1 saturated carbocycles. The number of rotatable bonds is 9. The molecule has 1 aliphatic rings. The summed E-state index contributed by atoms with van der Waals surface area (Å²) in [6, 6.07) is 0. The van der Waals surface area contributed by atoms with Gasteiger partial charge in [-0.15, -0.1) is 5.10 Å². The molecule has 1 aliphatic carbocycles. The number of amides is 1. The quantitative estimate of drug-likeness (QED) is 0.702. The van der Waals surface area contributed by atoms with E-state index in [2.05, 4.69) is 20.8 Å². The maximum atomic E-state index is 12.3. The van der Waals surface area contributed by atoms with Gasteiger partial charge in [0.25, 0.3) is 0 Å². The van der Waals surface area contributed by atoms with Crippen LogP contribution in [0.4, 0.5) is 0 Å². The summed E-state index contributed by atoms with van der Waals surface area (Å²) < 4.78 is 7.25. The van der Waals surface area contributed by atoms with Crippen LogP contribution >= 0.6 is 0 Å². The normalized spacial score (nSPS) is 17.3. The maximum Gasteiger partial charge on any atom is 0.220 e. The minimum atomic E-state index is -0.00779. The summed E-state index contributed by atoms with van der Waals surface area (Å²) >= 11 is 0. The second kappa shape index (κ2) is 8.96. The lowest BCUT2D eigenvalue weighted by Crippen LogP contribution is -2.37. The van der Waals surface area contributed by atoms with E-state index in [-0.39, 0.29) is 17.4 Å². The predicted octanol–water partition coefficient (Wildman–Crippen LogP) is 1.94. The third-order valence-electron chi connectivity index (χ3n) is 4.43. The molecular formula is C16H29N5O2. The maximum absolute atomic E-state index is 12.3. The summed E-state index contributed by atoms with van der Waals surface area (Å²) in [6.07, 6.45) is 9.03. The van der Waals surface area contributed by atoms with Crippen LogP contribution in [0.25, 0.3) is 0 Å². The second-order valence-corrected chi connectivity index (χ2v) is 6.87. The summed E-state index contributed by atoms with van der Waals surface area (Å²) in [5, 5.41) is 14.4. The molecular weight excluding hydrogens is 294 g/mol.